The van der Waals surface area contributed by atoms with Gasteiger partial charge in [-0.15, -0.1) is 0 Å². The van der Waals surface area contributed by atoms with Crippen molar-refractivity contribution in [1.29, 1.82) is 0 Å². The lowest BCUT2D eigenvalue weighted by molar-refractivity contribution is -0.137. The number of aromatic nitrogens is 2. The average molecular weight is 395 g/mol. The number of aliphatic hydroxyl groups excluding tert-OH is 1. The number of aryl methyl sites for hydroxylation is 1. The third kappa shape index (κ3) is 3.61. The number of rotatable bonds is 4. The van der Waals surface area contributed by atoms with E-state index in [-0.39, 0.29) is 27.7 Å². The number of ketones is 1. The van der Waals surface area contributed by atoms with Gasteiger partial charge in [0.2, 0.25) is 0 Å². The van der Waals surface area contributed by atoms with E-state index in [4.69, 9.17) is 11.6 Å². The van der Waals surface area contributed by atoms with Crippen molar-refractivity contribution in [1.82, 2.24) is 9.55 Å². The molecular weight excluding hydrogens is 381 g/mol. The second-order valence-electron chi connectivity index (χ2n) is 5.85. The predicted molar refractivity (Wildman–Crippen MR) is 94.1 cm³/mol. The topological polar surface area (TPSA) is 55.1 Å². The van der Waals surface area contributed by atoms with Gasteiger partial charge < -0.3 is 5.11 Å². The molecule has 0 saturated carbocycles. The van der Waals surface area contributed by atoms with Gasteiger partial charge in [-0.2, -0.15) is 13.2 Å². The first kappa shape index (κ1) is 19.1. The van der Waals surface area contributed by atoms with Crippen molar-refractivity contribution in [3.8, 4) is 5.69 Å². The fraction of sp³-hybridized carbons (Fsp3) is 0.158. The number of benzene rings is 2. The largest absolute Gasteiger partial charge is 0.416 e. The zero-order valence-electron chi connectivity index (χ0n) is 14.1. The molecule has 27 heavy (non-hydrogen) atoms. The molecule has 1 N–H and O–H groups in total. The molecule has 140 valence electrons. The number of aliphatic hydroxyl groups is 1. The molecule has 1 heterocycles. The summed E-state index contributed by atoms with van der Waals surface area (Å²) in [6.45, 7) is 1.24. The molecule has 0 aliphatic carbocycles. The highest BCUT2D eigenvalue weighted by atomic mass is 35.5. The van der Waals surface area contributed by atoms with Gasteiger partial charge in [0.15, 0.2) is 5.78 Å². The minimum absolute atomic E-state index is 0.0862. The lowest BCUT2D eigenvalue weighted by Crippen LogP contribution is -2.14. The fourth-order valence-electron chi connectivity index (χ4n) is 2.81. The van der Waals surface area contributed by atoms with Gasteiger partial charge in [-0.25, -0.2) is 4.98 Å². The first-order chi connectivity index (χ1) is 12.7. The average Bonchev–Trinajstić information content (AvgIpc) is 3.00. The molecule has 0 amide bonds. The van der Waals surface area contributed by atoms with Crippen LogP contribution < -0.4 is 0 Å². The van der Waals surface area contributed by atoms with Crippen molar-refractivity contribution in [2.45, 2.75) is 19.7 Å². The summed E-state index contributed by atoms with van der Waals surface area (Å²) in [6.07, 6.45) is -3.15. The Morgan fingerprint density at radius 1 is 1.19 bits per heavy atom. The van der Waals surface area contributed by atoms with E-state index in [9.17, 15) is 23.1 Å². The molecule has 8 heteroatoms. The molecule has 0 radical (unpaired) electrons. The van der Waals surface area contributed by atoms with E-state index >= 15 is 0 Å². The number of hydrogen-bond acceptors (Lipinski definition) is 3. The van der Waals surface area contributed by atoms with E-state index in [1.807, 2.05) is 0 Å². The maximum atomic E-state index is 13.2. The maximum Gasteiger partial charge on any atom is 0.416 e. The van der Waals surface area contributed by atoms with Crippen LogP contribution in [0.25, 0.3) is 5.69 Å². The van der Waals surface area contributed by atoms with Gasteiger partial charge in [0, 0.05) is 23.0 Å². The van der Waals surface area contributed by atoms with Crippen LogP contribution in [0, 0.1) is 6.92 Å². The third-order valence-electron chi connectivity index (χ3n) is 4.08. The summed E-state index contributed by atoms with van der Waals surface area (Å²) < 4.78 is 41.1. The van der Waals surface area contributed by atoms with Crippen molar-refractivity contribution in [3.05, 3.63) is 81.9 Å². The van der Waals surface area contributed by atoms with Gasteiger partial charge in [0.1, 0.15) is 12.4 Å². The minimum Gasteiger partial charge on any atom is -0.388 e. The molecule has 2 aromatic carbocycles. The van der Waals surface area contributed by atoms with Gasteiger partial charge in [0.05, 0.1) is 16.3 Å². The smallest absolute Gasteiger partial charge is 0.388 e. The van der Waals surface area contributed by atoms with Crippen LogP contribution in [-0.2, 0) is 12.8 Å². The summed E-state index contributed by atoms with van der Waals surface area (Å²) in [7, 11) is 0. The number of hydrogen-bond donors (Lipinski definition) is 1. The van der Waals surface area contributed by atoms with E-state index in [2.05, 4.69) is 4.98 Å². The van der Waals surface area contributed by atoms with Crippen molar-refractivity contribution in [2.75, 3.05) is 0 Å². The number of halogens is 4. The maximum absolute atomic E-state index is 13.2. The highest BCUT2D eigenvalue weighted by Gasteiger charge is 2.32. The lowest BCUT2D eigenvalue weighted by Gasteiger charge is -2.16. The Morgan fingerprint density at radius 3 is 2.52 bits per heavy atom. The molecule has 0 fully saturated rings. The molecule has 3 aromatic rings. The molecule has 4 nitrogen and oxygen atoms in total. The predicted octanol–water partition coefficient (Wildman–Crippen LogP) is 4.58. The molecule has 0 atom stereocenters. The SMILES string of the molecule is Cc1cnc(CO)n1-c1ccc(C(F)(F)F)cc1C(=O)c1ccccc1Cl. The Hall–Kier alpha value is -2.64. The zero-order valence-corrected chi connectivity index (χ0v) is 14.8. The Labute approximate surface area is 157 Å². The van der Waals surface area contributed by atoms with Crippen molar-refractivity contribution in [2.24, 2.45) is 0 Å². The second-order valence-corrected chi connectivity index (χ2v) is 6.26. The molecule has 3 rings (SSSR count). The normalized spacial score (nSPS) is 11.6. The summed E-state index contributed by atoms with van der Waals surface area (Å²) in [6, 6.07) is 9.01. The molecule has 0 saturated heterocycles. The Kier molecular flexibility index (Phi) is 5.08. The number of alkyl halides is 3. The van der Waals surface area contributed by atoms with Gasteiger partial charge in [-0.1, -0.05) is 23.7 Å². The van der Waals surface area contributed by atoms with Crippen LogP contribution >= 0.6 is 11.6 Å². The summed E-state index contributed by atoms with van der Waals surface area (Å²) in [4.78, 5) is 17.1. The third-order valence-corrected chi connectivity index (χ3v) is 4.41. The Bertz CT molecular complexity index is 1010. The van der Waals surface area contributed by atoms with E-state index in [1.54, 1.807) is 19.1 Å². The number of carbonyl (C=O) groups excluding carboxylic acids is 1. The molecule has 0 aliphatic rings. The van der Waals surface area contributed by atoms with Crippen molar-refractivity contribution >= 4 is 17.4 Å². The van der Waals surface area contributed by atoms with Gasteiger partial charge in [-0.3, -0.25) is 9.36 Å². The Balaban J connectivity index is 2.28. The second kappa shape index (κ2) is 7.17. The van der Waals surface area contributed by atoms with Crippen LogP contribution in [0.3, 0.4) is 0 Å². The summed E-state index contributed by atoms with van der Waals surface area (Å²) in [5.41, 5.74) is -0.305. The standard InChI is InChI=1S/C19H14ClF3N2O2/c1-11-9-24-17(10-26)25(11)16-7-6-12(19(21,22)23)8-14(16)18(27)13-4-2-3-5-15(13)20/h2-9,26H,10H2,1H3. The van der Waals surface area contributed by atoms with Crippen LogP contribution in [0.1, 0.15) is 33.0 Å². The Morgan fingerprint density at radius 2 is 1.89 bits per heavy atom. The minimum atomic E-state index is -4.61. The highest BCUT2D eigenvalue weighted by Crippen LogP contribution is 2.33. The molecule has 0 aliphatic heterocycles. The quantitative estimate of drug-likeness (QED) is 0.659. The van der Waals surface area contributed by atoms with Crippen molar-refractivity contribution < 1.29 is 23.1 Å². The first-order valence-electron chi connectivity index (χ1n) is 7.89. The van der Waals surface area contributed by atoms with E-state index in [0.717, 1.165) is 12.1 Å². The lowest BCUT2D eigenvalue weighted by atomic mass is 9.98. The molecule has 0 spiro atoms. The summed E-state index contributed by atoms with van der Waals surface area (Å²) >= 11 is 6.06. The molecule has 0 unspecified atom stereocenters. The van der Waals surface area contributed by atoms with Gasteiger partial charge in [0.25, 0.3) is 0 Å². The van der Waals surface area contributed by atoms with Crippen LogP contribution in [0.4, 0.5) is 13.2 Å². The number of carbonyl (C=O) groups is 1. The van der Waals surface area contributed by atoms with Gasteiger partial charge >= 0.3 is 6.18 Å². The number of imidazole rings is 1. The van der Waals surface area contributed by atoms with E-state index in [1.165, 1.54) is 29.0 Å². The van der Waals surface area contributed by atoms with Crippen LogP contribution in [0.5, 0.6) is 0 Å². The monoisotopic (exact) mass is 394 g/mol. The summed E-state index contributed by atoms with van der Waals surface area (Å²) in [5.74, 6) is -0.445. The van der Waals surface area contributed by atoms with Crippen LogP contribution in [-0.4, -0.2) is 20.4 Å². The zero-order chi connectivity index (χ0) is 19.8. The number of nitrogens with zero attached hydrogens (tertiary/aromatic N) is 2. The summed E-state index contributed by atoms with van der Waals surface area (Å²) in [5, 5.41) is 9.63. The highest BCUT2D eigenvalue weighted by molar-refractivity contribution is 6.35. The van der Waals surface area contributed by atoms with E-state index in [0.29, 0.717) is 5.69 Å². The van der Waals surface area contributed by atoms with E-state index < -0.39 is 24.1 Å². The van der Waals surface area contributed by atoms with Gasteiger partial charge in [-0.05, 0) is 37.3 Å². The molecule has 1 aromatic heterocycles. The molecule has 0 bridgehead atoms. The molecular formula is C19H14ClF3N2O2. The fourth-order valence-corrected chi connectivity index (χ4v) is 3.03. The van der Waals surface area contributed by atoms with Crippen LogP contribution in [0.15, 0.2) is 48.7 Å². The first-order valence-corrected chi connectivity index (χ1v) is 8.26. The van der Waals surface area contributed by atoms with Crippen LogP contribution in [0.2, 0.25) is 5.02 Å². The van der Waals surface area contributed by atoms with Crippen molar-refractivity contribution in [3.63, 3.8) is 0 Å².